The third kappa shape index (κ3) is 2.16. The number of hydrogen-bond donors (Lipinski definition) is 1. The highest BCUT2D eigenvalue weighted by molar-refractivity contribution is 5.97. The molecule has 0 radical (unpaired) electrons. The van der Waals surface area contributed by atoms with Crippen LogP contribution < -0.4 is 0 Å². The van der Waals surface area contributed by atoms with Crippen LogP contribution in [0.5, 0.6) is 0 Å². The van der Waals surface area contributed by atoms with E-state index in [2.05, 4.69) is 10.2 Å². The summed E-state index contributed by atoms with van der Waals surface area (Å²) in [5.74, 6) is 2.35. The van der Waals surface area contributed by atoms with Crippen LogP contribution in [0.1, 0.15) is 58.3 Å². The molecular formula is C17H21N3O2. The van der Waals surface area contributed by atoms with Crippen molar-refractivity contribution in [1.82, 2.24) is 15.1 Å². The molecule has 0 saturated carbocycles. The Hall–Kier alpha value is -2.04. The minimum atomic E-state index is 0.145. The number of likely N-dealkylation sites (tertiary alicyclic amines) is 1. The molecule has 2 aromatic rings. The molecule has 1 aliphatic heterocycles. The number of furan rings is 1. The summed E-state index contributed by atoms with van der Waals surface area (Å²) >= 11 is 0. The molecule has 5 nitrogen and oxygen atoms in total. The van der Waals surface area contributed by atoms with Crippen molar-refractivity contribution in [3.05, 3.63) is 40.6 Å². The largest absolute Gasteiger partial charge is 0.465 e. The van der Waals surface area contributed by atoms with Crippen molar-refractivity contribution >= 4 is 5.91 Å². The van der Waals surface area contributed by atoms with E-state index >= 15 is 0 Å². The van der Waals surface area contributed by atoms with E-state index in [1.165, 1.54) is 12.0 Å². The molecule has 0 spiro atoms. The summed E-state index contributed by atoms with van der Waals surface area (Å²) in [6, 6.07) is 2.00. The van der Waals surface area contributed by atoms with E-state index in [1.54, 1.807) is 6.20 Å². The molecule has 1 saturated heterocycles. The first kappa shape index (κ1) is 13.6. The first-order chi connectivity index (χ1) is 10.7. The van der Waals surface area contributed by atoms with Crippen molar-refractivity contribution < 1.29 is 9.21 Å². The number of amides is 1. The Kier molecular flexibility index (Phi) is 3.28. The lowest BCUT2D eigenvalue weighted by Crippen LogP contribution is -2.29. The maximum absolute atomic E-state index is 13.0. The predicted molar refractivity (Wildman–Crippen MR) is 81.9 cm³/mol. The molecule has 1 amide bonds. The summed E-state index contributed by atoms with van der Waals surface area (Å²) < 4.78 is 5.85. The van der Waals surface area contributed by atoms with E-state index in [9.17, 15) is 4.79 Å². The highest BCUT2D eigenvalue weighted by Crippen LogP contribution is 2.33. The number of carbonyl (C=O) groups excluding carboxylic acids is 1. The minimum absolute atomic E-state index is 0.145. The molecule has 1 atom stereocenters. The van der Waals surface area contributed by atoms with Gasteiger partial charge in [0.15, 0.2) is 0 Å². The standard InChI is InChI=1S/C17H21N3O2/c1-11-16(13-4-2-3-5-15(13)22-11)17(21)20-9-7-12(10-20)14-6-8-18-19-14/h6,8,12H,2-5,7,9-10H2,1H3,(H,18,19). The summed E-state index contributed by atoms with van der Waals surface area (Å²) in [6.45, 7) is 3.50. The summed E-state index contributed by atoms with van der Waals surface area (Å²) in [5.41, 5.74) is 3.12. The van der Waals surface area contributed by atoms with Crippen molar-refractivity contribution in [2.24, 2.45) is 0 Å². The second-order valence-electron chi connectivity index (χ2n) is 6.39. The van der Waals surface area contributed by atoms with Crippen LogP contribution in [0.25, 0.3) is 0 Å². The zero-order valence-corrected chi connectivity index (χ0v) is 12.9. The van der Waals surface area contributed by atoms with Gasteiger partial charge in [-0.25, -0.2) is 0 Å². The summed E-state index contributed by atoms with van der Waals surface area (Å²) in [7, 11) is 0. The van der Waals surface area contributed by atoms with Crippen LogP contribution in [0.15, 0.2) is 16.7 Å². The molecular weight excluding hydrogens is 278 g/mol. The SMILES string of the molecule is Cc1oc2c(c1C(=O)N1CCC(c3ccn[nH]3)C1)CCCC2. The molecule has 2 aromatic heterocycles. The monoisotopic (exact) mass is 299 g/mol. The molecule has 22 heavy (non-hydrogen) atoms. The Labute approximate surface area is 129 Å². The fourth-order valence-corrected chi connectivity index (χ4v) is 3.83. The zero-order chi connectivity index (χ0) is 15.1. The van der Waals surface area contributed by atoms with Crippen LogP contribution in [0, 0.1) is 6.92 Å². The van der Waals surface area contributed by atoms with Gasteiger partial charge in [-0.3, -0.25) is 9.89 Å². The van der Waals surface area contributed by atoms with Gasteiger partial charge in [-0.15, -0.1) is 0 Å². The van der Waals surface area contributed by atoms with E-state index in [1.807, 2.05) is 17.9 Å². The normalized spacial score (nSPS) is 21.1. The van der Waals surface area contributed by atoms with E-state index in [-0.39, 0.29) is 5.91 Å². The fraction of sp³-hybridized carbons (Fsp3) is 0.529. The molecule has 4 rings (SSSR count). The third-order valence-electron chi connectivity index (χ3n) is 5.00. The van der Waals surface area contributed by atoms with Gasteiger partial charge in [0, 0.05) is 42.9 Å². The number of aromatic amines is 1. The van der Waals surface area contributed by atoms with Crippen LogP contribution in [0.3, 0.4) is 0 Å². The number of rotatable bonds is 2. The number of nitrogens with one attached hydrogen (secondary N) is 1. The summed E-state index contributed by atoms with van der Waals surface area (Å²) in [6.07, 6.45) is 7.04. The van der Waals surface area contributed by atoms with Gasteiger partial charge in [0.2, 0.25) is 0 Å². The molecule has 0 bridgehead atoms. The van der Waals surface area contributed by atoms with Crippen LogP contribution >= 0.6 is 0 Å². The average Bonchev–Trinajstić information content (AvgIpc) is 3.25. The Morgan fingerprint density at radius 3 is 3.09 bits per heavy atom. The topological polar surface area (TPSA) is 62.1 Å². The van der Waals surface area contributed by atoms with Crippen molar-refractivity contribution in [1.29, 1.82) is 0 Å². The van der Waals surface area contributed by atoms with E-state index < -0.39 is 0 Å². The average molecular weight is 299 g/mol. The first-order valence-electron chi connectivity index (χ1n) is 8.13. The molecule has 2 aliphatic rings. The molecule has 0 aromatic carbocycles. The van der Waals surface area contributed by atoms with Gasteiger partial charge in [-0.1, -0.05) is 0 Å². The highest BCUT2D eigenvalue weighted by Gasteiger charge is 2.33. The summed E-state index contributed by atoms with van der Waals surface area (Å²) in [4.78, 5) is 14.9. The Bertz CT molecular complexity index is 687. The van der Waals surface area contributed by atoms with Gasteiger partial charge < -0.3 is 9.32 Å². The van der Waals surface area contributed by atoms with Crippen LogP contribution in [-0.4, -0.2) is 34.1 Å². The molecule has 1 unspecified atom stereocenters. The van der Waals surface area contributed by atoms with Crippen molar-refractivity contribution in [2.45, 2.75) is 44.9 Å². The van der Waals surface area contributed by atoms with Crippen LogP contribution in [0.4, 0.5) is 0 Å². The van der Waals surface area contributed by atoms with Gasteiger partial charge >= 0.3 is 0 Å². The molecule has 1 fully saturated rings. The third-order valence-corrected chi connectivity index (χ3v) is 5.00. The fourth-order valence-electron chi connectivity index (χ4n) is 3.83. The number of carbonyl (C=O) groups is 1. The molecule has 116 valence electrons. The number of fused-ring (bicyclic) bond motifs is 1. The van der Waals surface area contributed by atoms with E-state index in [0.29, 0.717) is 5.92 Å². The molecule has 3 heterocycles. The quantitative estimate of drug-likeness (QED) is 0.927. The Morgan fingerprint density at radius 1 is 1.41 bits per heavy atom. The van der Waals surface area contributed by atoms with Crippen LogP contribution in [-0.2, 0) is 12.8 Å². The first-order valence-corrected chi connectivity index (χ1v) is 8.13. The number of H-pyrrole nitrogens is 1. The predicted octanol–water partition coefficient (Wildman–Crippen LogP) is 2.82. The van der Waals surface area contributed by atoms with Crippen molar-refractivity contribution in [3.8, 4) is 0 Å². The zero-order valence-electron chi connectivity index (χ0n) is 12.9. The second-order valence-corrected chi connectivity index (χ2v) is 6.39. The number of nitrogens with zero attached hydrogens (tertiary/aromatic N) is 2. The second kappa shape index (κ2) is 5.30. The van der Waals surface area contributed by atoms with Crippen LogP contribution in [0.2, 0.25) is 0 Å². The maximum Gasteiger partial charge on any atom is 0.257 e. The number of aromatic nitrogens is 2. The van der Waals surface area contributed by atoms with Crippen molar-refractivity contribution in [2.75, 3.05) is 13.1 Å². The van der Waals surface area contributed by atoms with Gasteiger partial charge in [0.05, 0.1) is 5.56 Å². The van der Waals surface area contributed by atoms with Gasteiger partial charge in [0.1, 0.15) is 11.5 Å². The molecule has 5 heteroatoms. The Morgan fingerprint density at radius 2 is 2.27 bits per heavy atom. The highest BCUT2D eigenvalue weighted by atomic mass is 16.3. The molecule has 1 aliphatic carbocycles. The van der Waals surface area contributed by atoms with Gasteiger partial charge in [-0.2, -0.15) is 5.10 Å². The molecule has 1 N–H and O–H groups in total. The van der Waals surface area contributed by atoms with Gasteiger partial charge in [0.25, 0.3) is 5.91 Å². The maximum atomic E-state index is 13.0. The minimum Gasteiger partial charge on any atom is -0.465 e. The lowest BCUT2D eigenvalue weighted by atomic mass is 9.94. The lowest BCUT2D eigenvalue weighted by Gasteiger charge is -2.18. The van der Waals surface area contributed by atoms with Crippen molar-refractivity contribution in [3.63, 3.8) is 0 Å². The summed E-state index contributed by atoms with van der Waals surface area (Å²) in [5, 5.41) is 7.04. The number of aryl methyl sites for hydroxylation is 2. The Balaban J connectivity index is 1.57. The smallest absolute Gasteiger partial charge is 0.257 e. The van der Waals surface area contributed by atoms with E-state index in [0.717, 1.165) is 61.6 Å². The number of hydrogen-bond acceptors (Lipinski definition) is 3. The lowest BCUT2D eigenvalue weighted by molar-refractivity contribution is 0.0788. The van der Waals surface area contributed by atoms with E-state index in [4.69, 9.17) is 4.42 Å². The van der Waals surface area contributed by atoms with Gasteiger partial charge in [-0.05, 0) is 38.7 Å².